The van der Waals surface area contributed by atoms with E-state index in [0.29, 0.717) is 25.2 Å². The highest BCUT2D eigenvalue weighted by molar-refractivity contribution is 9.10. The van der Waals surface area contributed by atoms with Gasteiger partial charge in [-0.1, -0.05) is 28.1 Å². The van der Waals surface area contributed by atoms with Gasteiger partial charge in [0.1, 0.15) is 5.75 Å². The van der Waals surface area contributed by atoms with E-state index in [1.54, 1.807) is 29.2 Å². The number of carbonyl (C=O) groups excluding carboxylic acids is 1. The van der Waals surface area contributed by atoms with Crippen molar-refractivity contribution in [1.82, 2.24) is 10.2 Å². The fourth-order valence-corrected chi connectivity index (χ4v) is 3.98. The lowest BCUT2D eigenvalue weighted by molar-refractivity contribution is -0.131. The van der Waals surface area contributed by atoms with E-state index < -0.39 is 15.6 Å². The second-order valence-corrected chi connectivity index (χ2v) is 8.28. The molecule has 1 N–H and O–H groups in total. The largest absolute Gasteiger partial charge is 0.337 e. The number of piperazine rings is 1. The van der Waals surface area contributed by atoms with Gasteiger partial charge < -0.3 is 10.2 Å². The smallest absolute Gasteiger partial charge is 0.238 e. The molecule has 0 bridgehead atoms. The first-order valence-electron chi connectivity index (χ1n) is 6.82. The van der Waals surface area contributed by atoms with E-state index >= 15 is 0 Å². The van der Waals surface area contributed by atoms with Crippen LogP contribution in [0.2, 0.25) is 0 Å². The van der Waals surface area contributed by atoms with Crippen LogP contribution in [0.15, 0.2) is 28.7 Å². The Morgan fingerprint density at radius 2 is 2.00 bits per heavy atom. The lowest BCUT2D eigenvalue weighted by atomic mass is 10.2. The third-order valence-corrected chi connectivity index (χ3v) is 5.45. The van der Waals surface area contributed by atoms with Crippen molar-refractivity contribution in [2.45, 2.75) is 18.7 Å². The van der Waals surface area contributed by atoms with Crippen molar-refractivity contribution in [2.75, 3.05) is 25.4 Å². The lowest BCUT2D eigenvalue weighted by Gasteiger charge is -2.33. The van der Waals surface area contributed by atoms with Crippen molar-refractivity contribution in [3.05, 3.63) is 34.3 Å². The first kappa shape index (κ1) is 19.4. The normalized spacial score (nSPS) is 18.6. The highest BCUT2D eigenvalue weighted by Crippen LogP contribution is 2.14. The number of sulfone groups is 1. The van der Waals surface area contributed by atoms with Crippen molar-refractivity contribution in [3.63, 3.8) is 0 Å². The highest BCUT2D eigenvalue weighted by Gasteiger charge is 2.27. The van der Waals surface area contributed by atoms with E-state index in [-0.39, 0.29) is 30.1 Å². The summed E-state index contributed by atoms with van der Waals surface area (Å²) >= 11 is 3.31. The molecule has 2 rings (SSSR count). The van der Waals surface area contributed by atoms with Gasteiger partial charge in [0.15, 0.2) is 9.84 Å². The minimum Gasteiger partial charge on any atom is -0.337 e. The molecule has 124 valence electrons. The predicted molar refractivity (Wildman–Crippen MR) is 92.9 cm³/mol. The molecule has 8 heteroatoms. The van der Waals surface area contributed by atoms with Crippen molar-refractivity contribution in [1.29, 1.82) is 0 Å². The van der Waals surface area contributed by atoms with Crippen LogP contribution in [0, 0.1) is 0 Å². The molecule has 1 aromatic rings. The molecule has 5 nitrogen and oxygen atoms in total. The molecule has 1 aliphatic heterocycles. The molecule has 0 spiro atoms. The number of carbonyl (C=O) groups is 1. The summed E-state index contributed by atoms with van der Waals surface area (Å²) in [4.78, 5) is 13.8. The van der Waals surface area contributed by atoms with E-state index in [0.717, 1.165) is 4.47 Å². The van der Waals surface area contributed by atoms with Gasteiger partial charge in [0.25, 0.3) is 0 Å². The zero-order valence-electron chi connectivity index (χ0n) is 12.3. The minimum absolute atomic E-state index is 0. The van der Waals surface area contributed by atoms with Crippen LogP contribution in [0.5, 0.6) is 0 Å². The molecule has 1 fully saturated rings. The number of hydrogen-bond acceptors (Lipinski definition) is 4. The Morgan fingerprint density at radius 1 is 1.36 bits per heavy atom. The molecule has 0 radical (unpaired) electrons. The van der Waals surface area contributed by atoms with Gasteiger partial charge in [-0.25, -0.2) is 8.42 Å². The summed E-state index contributed by atoms with van der Waals surface area (Å²) in [5.74, 6) is -0.832. The average Bonchev–Trinajstić information content (AvgIpc) is 2.41. The molecular formula is C14H20BrClN2O3S. The zero-order valence-corrected chi connectivity index (χ0v) is 15.5. The quantitative estimate of drug-likeness (QED) is 0.817. The van der Waals surface area contributed by atoms with Crippen molar-refractivity contribution in [3.8, 4) is 0 Å². The maximum atomic E-state index is 12.2. The van der Waals surface area contributed by atoms with Crippen LogP contribution in [-0.2, 0) is 20.4 Å². The summed E-state index contributed by atoms with van der Waals surface area (Å²) in [6.45, 7) is 3.90. The van der Waals surface area contributed by atoms with Crippen molar-refractivity contribution < 1.29 is 13.2 Å². The number of hydrogen-bond donors (Lipinski definition) is 1. The first-order chi connectivity index (χ1) is 9.87. The minimum atomic E-state index is -3.45. The van der Waals surface area contributed by atoms with Gasteiger partial charge in [-0.05, 0) is 24.6 Å². The number of rotatable bonds is 4. The molecule has 0 saturated carbocycles. The fourth-order valence-electron chi connectivity index (χ4n) is 2.37. The Labute approximate surface area is 145 Å². The third kappa shape index (κ3) is 5.53. The van der Waals surface area contributed by atoms with E-state index in [1.165, 1.54) is 0 Å². The Balaban J connectivity index is 0.00000242. The van der Waals surface area contributed by atoms with Gasteiger partial charge in [-0.3, -0.25) is 4.79 Å². The predicted octanol–water partition coefficient (Wildman–Crippen LogP) is 1.61. The maximum Gasteiger partial charge on any atom is 0.238 e. The average molecular weight is 412 g/mol. The summed E-state index contributed by atoms with van der Waals surface area (Å²) in [7, 11) is -3.45. The molecule has 1 amide bonds. The number of nitrogens with zero attached hydrogens (tertiary/aromatic N) is 1. The van der Waals surface area contributed by atoms with Crippen LogP contribution in [0.4, 0.5) is 0 Å². The summed E-state index contributed by atoms with van der Waals surface area (Å²) in [5.41, 5.74) is 0.694. The summed E-state index contributed by atoms with van der Waals surface area (Å²) in [6, 6.07) is 7.13. The molecule has 0 unspecified atom stereocenters. The van der Waals surface area contributed by atoms with Gasteiger partial charge in [0.2, 0.25) is 5.91 Å². The molecule has 1 aliphatic rings. The molecule has 22 heavy (non-hydrogen) atoms. The maximum absolute atomic E-state index is 12.2. The van der Waals surface area contributed by atoms with Gasteiger partial charge in [-0.15, -0.1) is 12.4 Å². The number of amides is 1. The van der Waals surface area contributed by atoms with Crippen LogP contribution in [0.25, 0.3) is 0 Å². The van der Waals surface area contributed by atoms with Gasteiger partial charge in [0, 0.05) is 30.1 Å². The van der Waals surface area contributed by atoms with Crippen LogP contribution in [-0.4, -0.2) is 50.7 Å². The number of halogens is 2. The first-order valence-corrected chi connectivity index (χ1v) is 9.44. The van der Waals surface area contributed by atoms with E-state index in [4.69, 9.17) is 0 Å². The number of benzene rings is 1. The number of nitrogens with one attached hydrogen (secondary N) is 1. The van der Waals surface area contributed by atoms with Gasteiger partial charge >= 0.3 is 0 Å². The SMILES string of the molecule is C[C@@H]1CNCCN1C(=O)CS(=O)(=O)Cc1ccc(Br)cc1.Cl. The van der Waals surface area contributed by atoms with E-state index in [2.05, 4.69) is 21.2 Å². The summed E-state index contributed by atoms with van der Waals surface area (Å²) in [5, 5.41) is 3.18. The highest BCUT2D eigenvalue weighted by atomic mass is 79.9. The Hall–Kier alpha value is -0.630. The van der Waals surface area contributed by atoms with Crippen molar-refractivity contribution >= 4 is 44.1 Å². The second-order valence-electron chi connectivity index (χ2n) is 5.30. The van der Waals surface area contributed by atoms with E-state index in [9.17, 15) is 13.2 Å². The molecule has 0 aliphatic carbocycles. The molecule has 1 aromatic carbocycles. The Bertz CT molecular complexity index is 607. The molecule has 1 saturated heterocycles. The molecule has 1 heterocycles. The Morgan fingerprint density at radius 3 is 2.59 bits per heavy atom. The fraction of sp³-hybridized carbons (Fsp3) is 0.500. The molecular weight excluding hydrogens is 392 g/mol. The summed E-state index contributed by atoms with van der Waals surface area (Å²) in [6.07, 6.45) is 0. The van der Waals surface area contributed by atoms with Crippen LogP contribution < -0.4 is 5.32 Å². The Kier molecular flexibility index (Phi) is 7.31. The van der Waals surface area contributed by atoms with Crippen LogP contribution >= 0.6 is 28.3 Å². The topological polar surface area (TPSA) is 66.5 Å². The third-order valence-electron chi connectivity index (χ3n) is 3.46. The van der Waals surface area contributed by atoms with Crippen LogP contribution in [0.1, 0.15) is 12.5 Å². The second kappa shape index (κ2) is 8.29. The summed E-state index contributed by atoms with van der Waals surface area (Å²) < 4.78 is 25.2. The van der Waals surface area contributed by atoms with Gasteiger partial charge in [-0.2, -0.15) is 0 Å². The van der Waals surface area contributed by atoms with Gasteiger partial charge in [0.05, 0.1) is 5.75 Å². The zero-order chi connectivity index (χ0) is 15.5. The molecule has 1 atom stereocenters. The monoisotopic (exact) mass is 410 g/mol. The lowest BCUT2D eigenvalue weighted by Crippen LogP contribution is -2.53. The van der Waals surface area contributed by atoms with E-state index in [1.807, 2.05) is 6.92 Å². The van der Waals surface area contributed by atoms with Crippen molar-refractivity contribution in [2.24, 2.45) is 0 Å². The standard InChI is InChI=1S/C14H19BrN2O3S.ClH/c1-11-8-16-6-7-17(11)14(18)10-21(19,20)9-12-2-4-13(15)5-3-12;/h2-5,11,16H,6-10H2,1H3;1H/t11-;/m1./s1. The van der Waals surface area contributed by atoms with Crippen LogP contribution in [0.3, 0.4) is 0 Å². The molecule has 0 aromatic heterocycles.